The van der Waals surface area contributed by atoms with E-state index in [0.717, 1.165) is 23.5 Å². The Kier molecular flexibility index (Phi) is 5.33. The maximum absolute atomic E-state index is 12.3. The average Bonchev–Trinajstić information content (AvgIpc) is 2.74. The summed E-state index contributed by atoms with van der Waals surface area (Å²) in [7, 11) is 0. The molecule has 1 heterocycles. The number of hydrogen-bond donors (Lipinski definition) is 1. The van der Waals surface area contributed by atoms with Crippen molar-refractivity contribution < 1.29 is 9.72 Å². The molecule has 0 saturated carbocycles. The van der Waals surface area contributed by atoms with Crippen molar-refractivity contribution >= 4 is 17.3 Å². The molecular weight excluding hydrogens is 308 g/mol. The lowest BCUT2D eigenvalue weighted by Gasteiger charge is -2.08. The normalized spacial score (nSPS) is 10.9. The van der Waals surface area contributed by atoms with Crippen LogP contribution in [-0.4, -0.2) is 20.6 Å². The summed E-state index contributed by atoms with van der Waals surface area (Å²) in [5, 5.41) is 18.0. The zero-order valence-corrected chi connectivity index (χ0v) is 14.4. The third kappa shape index (κ3) is 4.18. The quantitative estimate of drug-likeness (QED) is 0.650. The summed E-state index contributed by atoms with van der Waals surface area (Å²) >= 11 is 0. The van der Waals surface area contributed by atoms with Crippen LogP contribution < -0.4 is 5.32 Å². The number of amides is 1. The minimum absolute atomic E-state index is 0.0510. The summed E-state index contributed by atoms with van der Waals surface area (Å²) in [5.41, 5.74) is 3.08. The highest BCUT2D eigenvalue weighted by molar-refractivity contribution is 5.92. The number of benzene rings is 1. The Bertz CT molecular complexity index is 765. The first-order chi connectivity index (χ1) is 11.3. The average molecular weight is 330 g/mol. The van der Waals surface area contributed by atoms with Crippen LogP contribution >= 0.6 is 0 Å². The highest BCUT2D eigenvalue weighted by Crippen LogP contribution is 2.19. The number of nitrogens with one attached hydrogen (secondary N) is 1. The lowest BCUT2D eigenvalue weighted by molar-refractivity contribution is -0.384. The number of nitro benzene ring substituents is 1. The third-order valence-electron chi connectivity index (χ3n) is 3.75. The number of aryl methyl sites for hydroxylation is 1. The number of rotatable bonds is 6. The summed E-state index contributed by atoms with van der Waals surface area (Å²) in [6.07, 6.45) is 0.193. The van der Waals surface area contributed by atoms with Gasteiger partial charge in [-0.2, -0.15) is 5.10 Å². The zero-order chi connectivity index (χ0) is 17.9. The van der Waals surface area contributed by atoms with E-state index in [4.69, 9.17) is 0 Å². The zero-order valence-electron chi connectivity index (χ0n) is 14.4. The molecule has 0 unspecified atom stereocenters. The summed E-state index contributed by atoms with van der Waals surface area (Å²) < 4.78 is 1.93. The number of nitro groups is 1. The van der Waals surface area contributed by atoms with Gasteiger partial charge in [0.05, 0.1) is 17.0 Å². The van der Waals surface area contributed by atoms with Gasteiger partial charge in [0.15, 0.2) is 0 Å². The highest BCUT2D eigenvalue weighted by atomic mass is 16.6. The van der Waals surface area contributed by atoms with Gasteiger partial charge < -0.3 is 5.32 Å². The largest absolute Gasteiger partial charge is 0.326 e. The van der Waals surface area contributed by atoms with Crippen molar-refractivity contribution in [1.29, 1.82) is 0 Å². The molecule has 0 atom stereocenters. The molecule has 1 N–H and O–H groups in total. The van der Waals surface area contributed by atoms with Gasteiger partial charge in [-0.25, -0.2) is 0 Å². The summed E-state index contributed by atoms with van der Waals surface area (Å²) in [5.74, 6) is 0.250. The first-order valence-corrected chi connectivity index (χ1v) is 7.85. The van der Waals surface area contributed by atoms with E-state index >= 15 is 0 Å². The van der Waals surface area contributed by atoms with Crippen molar-refractivity contribution in [3.63, 3.8) is 0 Å². The molecule has 24 heavy (non-hydrogen) atoms. The second-order valence-corrected chi connectivity index (χ2v) is 6.26. The smallest absolute Gasteiger partial charge is 0.271 e. The maximum atomic E-state index is 12.3. The first kappa shape index (κ1) is 17.7. The van der Waals surface area contributed by atoms with Crippen LogP contribution in [-0.2, 0) is 17.8 Å². The van der Waals surface area contributed by atoms with Crippen molar-refractivity contribution in [2.75, 3.05) is 5.32 Å². The highest BCUT2D eigenvalue weighted by Gasteiger charge is 2.16. The molecule has 0 aliphatic carbocycles. The van der Waals surface area contributed by atoms with E-state index in [-0.39, 0.29) is 18.0 Å². The second-order valence-electron chi connectivity index (χ2n) is 6.26. The molecular formula is C17H22N4O3. The van der Waals surface area contributed by atoms with Crippen LogP contribution in [0.1, 0.15) is 30.8 Å². The van der Waals surface area contributed by atoms with Crippen LogP contribution in [0.2, 0.25) is 0 Å². The molecule has 0 spiro atoms. The van der Waals surface area contributed by atoms with E-state index in [9.17, 15) is 14.9 Å². The molecule has 2 aromatic rings. The number of aromatic nitrogens is 2. The Labute approximate surface area is 140 Å². The number of anilines is 1. The number of carbonyl (C=O) groups is 1. The molecule has 7 nitrogen and oxygen atoms in total. The van der Waals surface area contributed by atoms with Crippen LogP contribution in [0.25, 0.3) is 0 Å². The lowest BCUT2D eigenvalue weighted by Crippen LogP contribution is -2.15. The fourth-order valence-electron chi connectivity index (χ4n) is 2.58. The van der Waals surface area contributed by atoms with Crippen LogP contribution in [0.5, 0.6) is 0 Å². The molecule has 0 aliphatic rings. The first-order valence-electron chi connectivity index (χ1n) is 7.85. The molecule has 1 aromatic heterocycles. The van der Waals surface area contributed by atoms with Crippen LogP contribution in [0.4, 0.5) is 11.4 Å². The lowest BCUT2D eigenvalue weighted by atomic mass is 10.1. The van der Waals surface area contributed by atoms with E-state index in [1.165, 1.54) is 12.1 Å². The van der Waals surface area contributed by atoms with Gasteiger partial charge in [-0.1, -0.05) is 19.9 Å². The van der Waals surface area contributed by atoms with Crippen molar-refractivity contribution in [2.24, 2.45) is 5.92 Å². The van der Waals surface area contributed by atoms with Crippen LogP contribution in [0.15, 0.2) is 24.3 Å². The van der Waals surface area contributed by atoms with Gasteiger partial charge in [-0.15, -0.1) is 0 Å². The number of hydrogen-bond acceptors (Lipinski definition) is 4. The van der Waals surface area contributed by atoms with Gasteiger partial charge in [-0.05, 0) is 25.8 Å². The molecule has 1 amide bonds. The van der Waals surface area contributed by atoms with E-state index in [2.05, 4.69) is 24.3 Å². The van der Waals surface area contributed by atoms with E-state index < -0.39 is 4.92 Å². The fraction of sp³-hybridized carbons (Fsp3) is 0.412. The van der Waals surface area contributed by atoms with Crippen molar-refractivity contribution in [1.82, 2.24) is 9.78 Å². The second kappa shape index (κ2) is 7.25. The fourth-order valence-corrected chi connectivity index (χ4v) is 2.58. The molecule has 1 aromatic carbocycles. The maximum Gasteiger partial charge on any atom is 0.271 e. The minimum atomic E-state index is -0.486. The monoisotopic (exact) mass is 330 g/mol. The van der Waals surface area contributed by atoms with Crippen molar-refractivity contribution in [3.05, 3.63) is 51.3 Å². The van der Waals surface area contributed by atoms with E-state index in [1.807, 2.05) is 18.5 Å². The van der Waals surface area contributed by atoms with Crippen LogP contribution in [0.3, 0.4) is 0 Å². The summed E-state index contributed by atoms with van der Waals surface area (Å²) in [4.78, 5) is 22.6. The Morgan fingerprint density at radius 1 is 1.38 bits per heavy atom. The Morgan fingerprint density at radius 2 is 2.08 bits per heavy atom. The van der Waals surface area contributed by atoms with Crippen molar-refractivity contribution in [2.45, 2.75) is 40.7 Å². The number of non-ortho nitro benzene ring substituents is 1. The molecule has 0 fully saturated rings. The summed E-state index contributed by atoms with van der Waals surface area (Å²) in [6.45, 7) is 8.88. The molecule has 128 valence electrons. The number of carbonyl (C=O) groups excluding carboxylic acids is 1. The molecule has 0 saturated heterocycles. The van der Waals surface area contributed by atoms with Gasteiger partial charge in [-0.3, -0.25) is 19.6 Å². The van der Waals surface area contributed by atoms with Gasteiger partial charge in [0, 0.05) is 35.6 Å². The molecule has 7 heteroatoms. The Morgan fingerprint density at radius 3 is 2.71 bits per heavy atom. The Hall–Kier alpha value is -2.70. The minimum Gasteiger partial charge on any atom is -0.326 e. The van der Waals surface area contributed by atoms with Gasteiger partial charge in [0.25, 0.3) is 5.69 Å². The van der Waals surface area contributed by atoms with Crippen molar-refractivity contribution in [3.8, 4) is 0 Å². The molecule has 0 radical (unpaired) electrons. The number of nitrogens with zero attached hydrogens (tertiary/aromatic N) is 3. The standard InChI is InChI=1S/C17H22N4O3/c1-11(2)10-20-13(4)16(12(3)19-20)9-17(22)18-14-6-5-7-15(8-14)21(23)24/h5-8,11H,9-10H2,1-4H3,(H,18,22). The van der Waals surface area contributed by atoms with E-state index in [0.29, 0.717) is 11.6 Å². The van der Waals surface area contributed by atoms with E-state index in [1.54, 1.807) is 12.1 Å². The predicted octanol–water partition coefficient (Wildman–Crippen LogP) is 3.25. The van der Waals surface area contributed by atoms with Gasteiger partial charge >= 0.3 is 0 Å². The topological polar surface area (TPSA) is 90.1 Å². The van der Waals surface area contributed by atoms with Crippen LogP contribution in [0, 0.1) is 29.9 Å². The predicted molar refractivity (Wildman–Crippen MR) is 92.0 cm³/mol. The summed E-state index contributed by atoms with van der Waals surface area (Å²) in [6, 6.07) is 5.91. The molecule has 2 rings (SSSR count). The van der Waals surface area contributed by atoms with Gasteiger partial charge in [0.1, 0.15) is 0 Å². The molecule has 0 aliphatic heterocycles. The third-order valence-corrected chi connectivity index (χ3v) is 3.75. The molecule has 0 bridgehead atoms. The van der Waals surface area contributed by atoms with Gasteiger partial charge in [0.2, 0.25) is 5.91 Å². The SMILES string of the molecule is Cc1nn(CC(C)C)c(C)c1CC(=O)Nc1cccc([N+](=O)[O-])c1. The Balaban J connectivity index is 2.11.